The van der Waals surface area contributed by atoms with Crippen molar-refractivity contribution in [1.29, 1.82) is 0 Å². The van der Waals surface area contributed by atoms with Gasteiger partial charge < -0.3 is 9.84 Å². The lowest BCUT2D eigenvalue weighted by Gasteiger charge is -2.17. The molecular weight excluding hydrogens is 322 g/mol. The number of nitrogens with zero attached hydrogens (tertiary/aromatic N) is 1. The van der Waals surface area contributed by atoms with Crippen LogP contribution in [0, 0.1) is 5.92 Å². The molecule has 0 bridgehead atoms. The average Bonchev–Trinajstić information content (AvgIpc) is 3.21. The molecule has 0 unspecified atom stereocenters. The van der Waals surface area contributed by atoms with E-state index in [9.17, 15) is 4.79 Å². The van der Waals surface area contributed by atoms with E-state index in [1.54, 1.807) is 12.1 Å². The Bertz CT molecular complexity index is 474. The van der Waals surface area contributed by atoms with E-state index in [4.69, 9.17) is 9.84 Å². The second kappa shape index (κ2) is 7.20. The van der Waals surface area contributed by atoms with Crippen LogP contribution in [-0.2, 0) is 11.3 Å². The molecule has 1 aliphatic rings. The average molecular weight is 342 g/mol. The zero-order valence-electron chi connectivity index (χ0n) is 11.6. The van der Waals surface area contributed by atoms with Crippen molar-refractivity contribution in [3.63, 3.8) is 0 Å². The van der Waals surface area contributed by atoms with Crippen LogP contribution in [0.2, 0.25) is 0 Å². The monoisotopic (exact) mass is 341 g/mol. The van der Waals surface area contributed by atoms with Crippen molar-refractivity contribution in [2.75, 3.05) is 26.8 Å². The SMILES string of the molecule is CN(CCOCC1CC1)Cc1ccc(C(=O)O)cc1Br. The molecule has 0 amide bonds. The Morgan fingerprint density at radius 1 is 1.50 bits per heavy atom. The van der Waals surface area contributed by atoms with Crippen LogP contribution in [0.4, 0.5) is 0 Å². The van der Waals surface area contributed by atoms with Gasteiger partial charge in [-0.05, 0) is 43.5 Å². The molecule has 0 atom stereocenters. The quantitative estimate of drug-likeness (QED) is 0.738. The second-order valence-electron chi connectivity index (χ2n) is 5.37. The topological polar surface area (TPSA) is 49.8 Å². The summed E-state index contributed by atoms with van der Waals surface area (Å²) >= 11 is 3.43. The molecule has 0 spiro atoms. The molecule has 1 saturated carbocycles. The number of rotatable bonds is 8. The first kappa shape index (κ1) is 15.5. The summed E-state index contributed by atoms with van der Waals surface area (Å²) in [5.41, 5.74) is 1.38. The lowest BCUT2D eigenvalue weighted by Crippen LogP contribution is -2.23. The molecule has 110 valence electrons. The fourth-order valence-corrected chi connectivity index (χ4v) is 2.44. The molecule has 0 aliphatic heterocycles. The third-order valence-corrected chi connectivity index (χ3v) is 4.15. The number of carbonyl (C=O) groups is 1. The summed E-state index contributed by atoms with van der Waals surface area (Å²) in [7, 11) is 2.04. The highest BCUT2D eigenvalue weighted by Crippen LogP contribution is 2.28. The lowest BCUT2D eigenvalue weighted by atomic mass is 10.1. The van der Waals surface area contributed by atoms with E-state index >= 15 is 0 Å². The Morgan fingerprint density at radius 3 is 2.85 bits per heavy atom. The summed E-state index contributed by atoms with van der Waals surface area (Å²) in [6, 6.07) is 5.14. The minimum Gasteiger partial charge on any atom is -0.478 e. The van der Waals surface area contributed by atoms with Crippen LogP contribution >= 0.6 is 15.9 Å². The zero-order valence-corrected chi connectivity index (χ0v) is 13.2. The minimum absolute atomic E-state index is 0.302. The largest absolute Gasteiger partial charge is 0.478 e. The van der Waals surface area contributed by atoms with E-state index in [2.05, 4.69) is 20.8 Å². The maximum atomic E-state index is 10.9. The molecule has 1 N–H and O–H groups in total. The maximum Gasteiger partial charge on any atom is 0.335 e. The van der Waals surface area contributed by atoms with Gasteiger partial charge in [0, 0.05) is 24.2 Å². The highest BCUT2D eigenvalue weighted by molar-refractivity contribution is 9.10. The summed E-state index contributed by atoms with van der Waals surface area (Å²) in [5, 5.41) is 8.93. The highest BCUT2D eigenvalue weighted by atomic mass is 79.9. The van der Waals surface area contributed by atoms with Gasteiger partial charge in [0.15, 0.2) is 0 Å². The number of hydrogen-bond acceptors (Lipinski definition) is 3. The molecule has 0 aromatic heterocycles. The number of carboxylic acid groups (broad SMARTS) is 1. The third kappa shape index (κ3) is 4.89. The Hall–Kier alpha value is -0.910. The van der Waals surface area contributed by atoms with Crippen LogP contribution < -0.4 is 0 Å². The van der Waals surface area contributed by atoms with Gasteiger partial charge in [-0.1, -0.05) is 22.0 Å². The Morgan fingerprint density at radius 2 is 2.25 bits per heavy atom. The molecule has 0 saturated heterocycles. The van der Waals surface area contributed by atoms with Crippen LogP contribution in [0.15, 0.2) is 22.7 Å². The van der Waals surface area contributed by atoms with Crippen LogP contribution in [0.25, 0.3) is 0 Å². The van der Waals surface area contributed by atoms with E-state index < -0.39 is 5.97 Å². The number of likely N-dealkylation sites (N-methyl/N-ethyl adjacent to an activating group) is 1. The van der Waals surface area contributed by atoms with Crippen molar-refractivity contribution < 1.29 is 14.6 Å². The third-order valence-electron chi connectivity index (χ3n) is 3.41. The van der Waals surface area contributed by atoms with Crippen molar-refractivity contribution in [3.8, 4) is 0 Å². The Balaban J connectivity index is 1.77. The van der Waals surface area contributed by atoms with Crippen LogP contribution in [0.5, 0.6) is 0 Å². The van der Waals surface area contributed by atoms with E-state index in [1.807, 2.05) is 13.1 Å². The first-order chi connectivity index (χ1) is 9.56. The molecule has 20 heavy (non-hydrogen) atoms. The van der Waals surface area contributed by atoms with Crippen molar-refractivity contribution in [1.82, 2.24) is 4.90 Å². The highest BCUT2D eigenvalue weighted by Gasteiger charge is 2.21. The van der Waals surface area contributed by atoms with Gasteiger partial charge in [0.1, 0.15) is 0 Å². The number of ether oxygens (including phenoxy) is 1. The van der Waals surface area contributed by atoms with Gasteiger partial charge in [0.25, 0.3) is 0 Å². The summed E-state index contributed by atoms with van der Waals surface area (Å²) in [6.45, 7) is 3.29. The number of benzene rings is 1. The van der Waals surface area contributed by atoms with Crippen molar-refractivity contribution >= 4 is 21.9 Å². The fraction of sp³-hybridized carbons (Fsp3) is 0.533. The van der Waals surface area contributed by atoms with Crippen LogP contribution in [0.3, 0.4) is 0 Å². The summed E-state index contributed by atoms with van der Waals surface area (Å²) in [4.78, 5) is 13.0. The minimum atomic E-state index is -0.904. The summed E-state index contributed by atoms with van der Waals surface area (Å²) in [6.07, 6.45) is 2.64. The van der Waals surface area contributed by atoms with Gasteiger partial charge in [-0.3, -0.25) is 4.90 Å². The normalized spacial score (nSPS) is 14.8. The van der Waals surface area contributed by atoms with Gasteiger partial charge in [-0.15, -0.1) is 0 Å². The predicted molar refractivity (Wildman–Crippen MR) is 81.0 cm³/mol. The predicted octanol–water partition coefficient (Wildman–Crippen LogP) is 3.01. The van der Waals surface area contributed by atoms with Crippen molar-refractivity contribution in [3.05, 3.63) is 33.8 Å². The first-order valence-corrected chi connectivity index (χ1v) is 7.63. The molecule has 2 rings (SSSR count). The van der Waals surface area contributed by atoms with E-state index in [1.165, 1.54) is 12.8 Å². The van der Waals surface area contributed by atoms with Gasteiger partial charge in [0.2, 0.25) is 0 Å². The number of halogens is 1. The molecule has 1 aromatic carbocycles. The standard InChI is InChI=1S/C15H20BrNO3/c1-17(6-7-20-10-11-2-3-11)9-13-5-4-12(15(18)19)8-14(13)16/h4-5,8,11H,2-3,6-7,9-10H2,1H3,(H,18,19). The molecule has 0 heterocycles. The van der Waals surface area contributed by atoms with E-state index in [0.29, 0.717) is 5.56 Å². The van der Waals surface area contributed by atoms with Gasteiger partial charge >= 0.3 is 5.97 Å². The van der Waals surface area contributed by atoms with Gasteiger partial charge in [-0.25, -0.2) is 4.79 Å². The lowest BCUT2D eigenvalue weighted by molar-refractivity contribution is 0.0697. The fourth-order valence-electron chi connectivity index (χ4n) is 1.93. The van der Waals surface area contributed by atoms with Crippen LogP contribution in [0.1, 0.15) is 28.8 Å². The first-order valence-electron chi connectivity index (χ1n) is 6.84. The molecule has 1 fully saturated rings. The van der Waals surface area contributed by atoms with Crippen molar-refractivity contribution in [2.24, 2.45) is 5.92 Å². The van der Waals surface area contributed by atoms with Crippen LogP contribution in [-0.4, -0.2) is 42.8 Å². The number of hydrogen-bond donors (Lipinski definition) is 1. The van der Waals surface area contributed by atoms with E-state index in [0.717, 1.165) is 42.3 Å². The Labute approximate surface area is 127 Å². The van der Waals surface area contributed by atoms with Gasteiger partial charge in [-0.2, -0.15) is 0 Å². The zero-order chi connectivity index (χ0) is 14.5. The number of aromatic carboxylic acids is 1. The van der Waals surface area contributed by atoms with E-state index in [-0.39, 0.29) is 0 Å². The maximum absolute atomic E-state index is 10.9. The summed E-state index contributed by atoms with van der Waals surface area (Å²) in [5.74, 6) is -0.0999. The molecule has 1 aromatic rings. The molecular formula is C15H20BrNO3. The van der Waals surface area contributed by atoms with Gasteiger partial charge in [0.05, 0.1) is 12.2 Å². The molecule has 4 nitrogen and oxygen atoms in total. The molecule has 5 heteroatoms. The molecule has 0 radical (unpaired) electrons. The smallest absolute Gasteiger partial charge is 0.335 e. The molecule has 1 aliphatic carbocycles. The summed E-state index contributed by atoms with van der Waals surface area (Å²) < 4.78 is 6.45. The Kier molecular flexibility index (Phi) is 5.57. The number of carboxylic acids is 1. The van der Waals surface area contributed by atoms with Crippen molar-refractivity contribution in [2.45, 2.75) is 19.4 Å². The second-order valence-corrected chi connectivity index (χ2v) is 6.22.